The minimum Gasteiger partial charge on any atom is -0.492 e. The van der Waals surface area contributed by atoms with Gasteiger partial charge in [-0.05, 0) is 72.7 Å². The summed E-state index contributed by atoms with van der Waals surface area (Å²) < 4.78 is 5.75. The number of ether oxygens (including phenoxy) is 1. The Morgan fingerprint density at radius 3 is 2.96 bits per heavy atom. The molecule has 2 unspecified atom stereocenters. The van der Waals surface area contributed by atoms with Gasteiger partial charge in [0, 0.05) is 10.7 Å². The van der Waals surface area contributed by atoms with Crippen LogP contribution in [0.3, 0.4) is 0 Å². The molecule has 5 heteroatoms. The van der Waals surface area contributed by atoms with Crippen LogP contribution in [0.25, 0.3) is 0 Å². The van der Waals surface area contributed by atoms with Crippen molar-refractivity contribution in [2.24, 2.45) is 5.92 Å². The Hall–Kier alpha value is -2.20. The first-order valence-electron chi connectivity index (χ1n) is 8.70. The zero-order valence-electron chi connectivity index (χ0n) is 13.9. The molecule has 0 radical (unpaired) electrons. The minimum absolute atomic E-state index is 0.0419. The first kappa shape index (κ1) is 16.3. The lowest BCUT2D eigenvalue weighted by Gasteiger charge is -2.30. The van der Waals surface area contributed by atoms with Crippen LogP contribution in [-0.2, 0) is 17.6 Å². The fourth-order valence-corrected chi connectivity index (χ4v) is 4.00. The van der Waals surface area contributed by atoms with E-state index in [1.807, 2.05) is 36.4 Å². The number of anilines is 1. The largest absolute Gasteiger partial charge is 0.492 e. The van der Waals surface area contributed by atoms with Crippen molar-refractivity contribution in [3.8, 4) is 5.75 Å². The van der Waals surface area contributed by atoms with E-state index in [1.54, 1.807) is 0 Å². The number of carbonyl (C=O) groups is 1. The number of rotatable bonds is 2. The second kappa shape index (κ2) is 6.60. The van der Waals surface area contributed by atoms with E-state index in [-0.39, 0.29) is 17.9 Å². The standard InChI is InChI=1S/C20H21ClN2O2/c21-15-4-7-19-13(9-15)8-14(11-25-19)20(24)23-18-3-1-2-12-10-16(22)5-6-17(12)18/h4-7,9-10,14,18H,1-3,8,11,22H2,(H,23,24). The second-order valence-electron chi connectivity index (χ2n) is 6.88. The van der Waals surface area contributed by atoms with Crippen LogP contribution >= 0.6 is 11.6 Å². The Kier molecular flexibility index (Phi) is 4.30. The topological polar surface area (TPSA) is 64.3 Å². The number of hydrogen-bond acceptors (Lipinski definition) is 3. The average Bonchev–Trinajstić information content (AvgIpc) is 2.61. The summed E-state index contributed by atoms with van der Waals surface area (Å²) >= 11 is 6.06. The highest BCUT2D eigenvalue weighted by molar-refractivity contribution is 6.30. The Morgan fingerprint density at radius 1 is 1.20 bits per heavy atom. The van der Waals surface area contributed by atoms with Crippen LogP contribution in [0.5, 0.6) is 5.75 Å². The predicted molar refractivity (Wildman–Crippen MR) is 98.8 cm³/mol. The fraction of sp³-hybridized carbons (Fsp3) is 0.350. The van der Waals surface area contributed by atoms with Crippen LogP contribution in [0.2, 0.25) is 5.02 Å². The highest BCUT2D eigenvalue weighted by atomic mass is 35.5. The number of halogens is 1. The third-order valence-electron chi connectivity index (χ3n) is 5.10. The molecular formula is C20H21ClN2O2. The van der Waals surface area contributed by atoms with Crippen molar-refractivity contribution in [2.45, 2.75) is 31.7 Å². The summed E-state index contributed by atoms with van der Waals surface area (Å²) in [5.41, 5.74) is 10.1. The molecule has 2 aliphatic rings. The number of hydrogen-bond donors (Lipinski definition) is 2. The molecule has 1 aliphatic carbocycles. The molecule has 0 fully saturated rings. The van der Waals surface area contributed by atoms with Gasteiger partial charge >= 0.3 is 0 Å². The van der Waals surface area contributed by atoms with E-state index in [0.29, 0.717) is 18.1 Å². The molecule has 25 heavy (non-hydrogen) atoms. The molecule has 2 atom stereocenters. The summed E-state index contributed by atoms with van der Waals surface area (Å²) in [6.07, 6.45) is 3.69. The van der Waals surface area contributed by atoms with E-state index < -0.39 is 0 Å². The van der Waals surface area contributed by atoms with Crippen molar-refractivity contribution >= 4 is 23.2 Å². The van der Waals surface area contributed by atoms with Crippen molar-refractivity contribution in [1.82, 2.24) is 5.32 Å². The number of benzene rings is 2. The SMILES string of the molecule is Nc1ccc2c(c1)CCCC2NC(=O)C1COc2ccc(Cl)cc2C1. The van der Waals surface area contributed by atoms with Crippen LogP contribution in [0, 0.1) is 5.92 Å². The van der Waals surface area contributed by atoms with E-state index in [0.717, 1.165) is 36.3 Å². The van der Waals surface area contributed by atoms with Gasteiger partial charge in [0.2, 0.25) is 5.91 Å². The molecule has 2 aromatic carbocycles. The van der Waals surface area contributed by atoms with E-state index >= 15 is 0 Å². The summed E-state index contributed by atoms with van der Waals surface area (Å²) in [6.45, 7) is 0.405. The molecule has 1 aliphatic heterocycles. The van der Waals surface area contributed by atoms with Crippen molar-refractivity contribution in [3.63, 3.8) is 0 Å². The molecule has 1 amide bonds. The molecule has 0 aromatic heterocycles. The molecular weight excluding hydrogens is 336 g/mol. The van der Waals surface area contributed by atoms with E-state index in [2.05, 4.69) is 5.32 Å². The van der Waals surface area contributed by atoms with Gasteiger partial charge in [0.05, 0.1) is 12.0 Å². The summed E-state index contributed by atoms with van der Waals surface area (Å²) in [5.74, 6) is 0.678. The van der Waals surface area contributed by atoms with Crippen molar-refractivity contribution in [3.05, 3.63) is 58.1 Å². The Bertz CT molecular complexity index is 821. The van der Waals surface area contributed by atoms with Gasteiger partial charge < -0.3 is 15.8 Å². The number of nitrogen functional groups attached to an aromatic ring is 1. The fourth-order valence-electron chi connectivity index (χ4n) is 3.81. The van der Waals surface area contributed by atoms with E-state index in [4.69, 9.17) is 22.1 Å². The highest BCUT2D eigenvalue weighted by Crippen LogP contribution is 2.33. The number of amides is 1. The lowest BCUT2D eigenvalue weighted by molar-refractivity contribution is -0.127. The third kappa shape index (κ3) is 3.31. The monoisotopic (exact) mass is 356 g/mol. The molecule has 4 rings (SSSR count). The molecule has 0 saturated heterocycles. The highest BCUT2D eigenvalue weighted by Gasteiger charge is 2.29. The van der Waals surface area contributed by atoms with Gasteiger partial charge in [0.1, 0.15) is 12.4 Å². The number of fused-ring (bicyclic) bond motifs is 2. The first-order valence-corrected chi connectivity index (χ1v) is 9.08. The number of nitrogens with one attached hydrogen (secondary N) is 1. The molecule has 3 N–H and O–H groups in total. The maximum Gasteiger partial charge on any atom is 0.227 e. The summed E-state index contributed by atoms with van der Waals surface area (Å²) in [5, 5.41) is 3.89. The third-order valence-corrected chi connectivity index (χ3v) is 5.33. The zero-order valence-corrected chi connectivity index (χ0v) is 14.7. The van der Waals surface area contributed by atoms with E-state index in [9.17, 15) is 4.79 Å². The van der Waals surface area contributed by atoms with Crippen LogP contribution in [0.4, 0.5) is 5.69 Å². The van der Waals surface area contributed by atoms with Gasteiger partial charge in [0.15, 0.2) is 0 Å². The van der Waals surface area contributed by atoms with Crippen molar-refractivity contribution in [2.75, 3.05) is 12.3 Å². The molecule has 0 spiro atoms. The van der Waals surface area contributed by atoms with Gasteiger partial charge in [-0.2, -0.15) is 0 Å². The van der Waals surface area contributed by atoms with Crippen LogP contribution in [-0.4, -0.2) is 12.5 Å². The summed E-state index contributed by atoms with van der Waals surface area (Å²) in [7, 11) is 0. The van der Waals surface area contributed by atoms with Gasteiger partial charge in [0.25, 0.3) is 0 Å². The van der Waals surface area contributed by atoms with Crippen molar-refractivity contribution < 1.29 is 9.53 Å². The number of nitrogens with two attached hydrogens (primary N) is 1. The number of aryl methyl sites for hydroxylation is 1. The normalized spacial score (nSPS) is 21.6. The summed E-state index contributed by atoms with van der Waals surface area (Å²) in [6, 6.07) is 11.6. The molecule has 2 aromatic rings. The maximum absolute atomic E-state index is 12.8. The van der Waals surface area contributed by atoms with Crippen LogP contribution < -0.4 is 15.8 Å². The van der Waals surface area contributed by atoms with Gasteiger partial charge in [-0.15, -0.1) is 0 Å². The molecule has 4 nitrogen and oxygen atoms in total. The van der Waals surface area contributed by atoms with Crippen molar-refractivity contribution in [1.29, 1.82) is 0 Å². The van der Waals surface area contributed by atoms with Gasteiger partial charge in [-0.25, -0.2) is 0 Å². The lowest BCUT2D eigenvalue weighted by atomic mass is 9.86. The Labute approximate surface area is 152 Å². The lowest BCUT2D eigenvalue weighted by Crippen LogP contribution is -2.40. The minimum atomic E-state index is -0.190. The zero-order chi connectivity index (χ0) is 17.4. The molecule has 130 valence electrons. The predicted octanol–water partition coefficient (Wildman–Crippen LogP) is 3.67. The quantitative estimate of drug-likeness (QED) is 0.807. The first-order chi connectivity index (χ1) is 12.1. The number of carbonyl (C=O) groups excluding carboxylic acids is 1. The van der Waals surface area contributed by atoms with Crippen LogP contribution in [0.15, 0.2) is 36.4 Å². The van der Waals surface area contributed by atoms with Gasteiger partial charge in [-0.1, -0.05) is 17.7 Å². The molecule has 0 bridgehead atoms. The summed E-state index contributed by atoms with van der Waals surface area (Å²) in [4.78, 5) is 12.8. The maximum atomic E-state index is 12.8. The van der Waals surface area contributed by atoms with Gasteiger partial charge in [-0.3, -0.25) is 4.79 Å². The molecule has 1 heterocycles. The van der Waals surface area contributed by atoms with E-state index in [1.165, 1.54) is 11.1 Å². The Balaban J connectivity index is 1.48. The van der Waals surface area contributed by atoms with Crippen LogP contribution in [0.1, 0.15) is 35.6 Å². The average molecular weight is 357 g/mol. The molecule has 0 saturated carbocycles. The Morgan fingerprint density at radius 2 is 2.08 bits per heavy atom. The second-order valence-corrected chi connectivity index (χ2v) is 7.31. The smallest absolute Gasteiger partial charge is 0.227 e.